The number of aliphatic imine (C=N–C) groups is 1. The highest BCUT2D eigenvalue weighted by Gasteiger charge is 2.24. The van der Waals surface area contributed by atoms with Crippen molar-refractivity contribution in [1.82, 2.24) is 5.32 Å². The second-order valence-corrected chi connectivity index (χ2v) is 8.55. The predicted molar refractivity (Wildman–Crippen MR) is 119 cm³/mol. The van der Waals surface area contributed by atoms with Gasteiger partial charge in [-0.25, -0.2) is 4.99 Å². The molecule has 1 amide bonds. The Kier molecular flexibility index (Phi) is 5.64. The van der Waals surface area contributed by atoms with Crippen LogP contribution in [0.2, 0.25) is 10.0 Å². The van der Waals surface area contributed by atoms with Crippen molar-refractivity contribution in [1.29, 1.82) is 0 Å². The molecular weight excluding hydrogens is 483 g/mol. The maximum Gasteiger partial charge on any atom is 0.264 e. The summed E-state index contributed by atoms with van der Waals surface area (Å²) in [6.07, 6.45) is 1.69. The first-order valence-electron chi connectivity index (χ1n) is 8.08. The Morgan fingerprint density at radius 1 is 1.04 bits per heavy atom. The summed E-state index contributed by atoms with van der Waals surface area (Å²) in [6, 6.07) is 16.4. The number of hydrogen-bond acceptors (Lipinski definition) is 4. The summed E-state index contributed by atoms with van der Waals surface area (Å²) in [5, 5.41) is 4.22. The van der Waals surface area contributed by atoms with Gasteiger partial charge in [0.05, 0.1) is 20.6 Å². The number of halogens is 3. The number of rotatable bonds is 3. The molecule has 1 aliphatic heterocycles. The molecule has 1 saturated heterocycles. The van der Waals surface area contributed by atoms with Gasteiger partial charge in [0.2, 0.25) is 0 Å². The molecule has 0 atom stereocenters. The van der Waals surface area contributed by atoms with E-state index in [9.17, 15) is 4.79 Å². The van der Waals surface area contributed by atoms with Crippen LogP contribution in [0.5, 0.6) is 0 Å². The van der Waals surface area contributed by atoms with Crippen LogP contribution in [0.4, 0.5) is 5.69 Å². The highest BCUT2D eigenvalue weighted by atomic mass is 79.9. The normalized spacial score (nSPS) is 16.8. The van der Waals surface area contributed by atoms with Crippen molar-refractivity contribution in [3.63, 3.8) is 0 Å². The first kappa shape index (κ1) is 19.3. The molecule has 1 aliphatic rings. The smallest absolute Gasteiger partial charge is 0.264 e. The van der Waals surface area contributed by atoms with Crippen LogP contribution in [0.1, 0.15) is 5.76 Å². The van der Waals surface area contributed by atoms with E-state index >= 15 is 0 Å². The molecule has 140 valence electrons. The van der Waals surface area contributed by atoms with E-state index in [1.807, 2.05) is 36.4 Å². The lowest BCUT2D eigenvalue weighted by atomic mass is 10.2. The fraction of sp³-hybridized carbons (Fsp3) is 0. The highest BCUT2D eigenvalue weighted by molar-refractivity contribution is 9.10. The van der Waals surface area contributed by atoms with Crippen LogP contribution in [-0.4, -0.2) is 11.1 Å². The minimum absolute atomic E-state index is 0.214. The SMILES string of the molecule is O=C1NC(=Nc2ccc(Br)cc2)S/C1=C/c1ccc(-c2ccc(Cl)c(Cl)c2)o1. The zero-order valence-electron chi connectivity index (χ0n) is 14.1. The summed E-state index contributed by atoms with van der Waals surface area (Å²) < 4.78 is 6.79. The second-order valence-electron chi connectivity index (χ2n) is 5.79. The van der Waals surface area contributed by atoms with Crippen molar-refractivity contribution in [3.8, 4) is 11.3 Å². The Hall–Kier alpha value is -1.99. The molecule has 0 radical (unpaired) electrons. The van der Waals surface area contributed by atoms with Gasteiger partial charge < -0.3 is 9.73 Å². The number of carbonyl (C=O) groups excluding carboxylic acids is 1. The number of hydrogen-bond donors (Lipinski definition) is 1. The van der Waals surface area contributed by atoms with Crippen LogP contribution in [0.15, 0.2) is 73.4 Å². The molecule has 2 aromatic carbocycles. The molecule has 0 bridgehead atoms. The Morgan fingerprint density at radius 3 is 2.57 bits per heavy atom. The number of nitrogens with zero attached hydrogens (tertiary/aromatic N) is 1. The Balaban J connectivity index is 1.54. The van der Waals surface area contributed by atoms with Gasteiger partial charge >= 0.3 is 0 Å². The van der Waals surface area contributed by atoms with Gasteiger partial charge in [-0.1, -0.05) is 39.1 Å². The first-order chi connectivity index (χ1) is 13.5. The van der Waals surface area contributed by atoms with Gasteiger partial charge in [-0.2, -0.15) is 0 Å². The summed E-state index contributed by atoms with van der Waals surface area (Å²) in [5.41, 5.74) is 1.56. The fourth-order valence-corrected chi connectivity index (χ4v) is 3.86. The Morgan fingerprint density at radius 2 is 1.82 bits per heavy atom. The van der Waals surface area contributed by atoms with Crippen LogP contribution in [-0.2, 0) is 4.79 Å². The number of amidine groups is 1. The summed E-state index contributed by atoms with van der Waals surface area (Å²) in [5.74, 6) is 0.981. The standard InChI is InChI=1S/C20H11BrCl2N2O2S/c21-12-2-4-13(5-3-12)24-20-25-19(26)18(28-20)10-14-6-8-17(27-14)11-1-7-15(22)16(23)9-11/h1-10H,(H,24,25,26)/b18-10+. The van der Waals surface area contributed by atoms with Gasteiger partial charge in [0.15, 0.2) is 5.17 Å². The van der Waals surface area contributed by atoms with Crippen molar-refractivity contribution in [2.45, 2.75) is 0 Å². The molecule has 1 fully saturated rings. The zero-order chi connectivity index (χ0) is 19.7. The zero-order valence-corrected chi connectivity index (χ0v) is 18.0. The van der Waals surface area contributed by atoms with E-state index in [0.717, 1.165) is 15.7 Å². The van der Waals surface area contributed by atoms with E-state index in [4.69, 9.17) is 27.6 Å². The van der Waals surface area contributed by atoms with Gasteiger partial charge in [-0.3, -0.25) is 4.79 Å². The van der Waals surface area contributed by atoms with Crippen molar-refractivity contribution >= 4 is 73.7 Å². The minimum Gasteiger partial charge on any atom is -0.457 e. The predicted octanol–water partition coefficient (Wildman–Crippen LogP) is 6.91. The van der Waals surface area contributed by atoms with Gasteiger partial charge in [-0.05, 0) is 66.4 Å². The van der Waals surface area contributed by atoms with Crippen molar-refractivity contribution in [3.05, 3.63) is 79.8 Å². The third-order valence-electron chi connectivity index (χ3n) is 3.81. The van der Waals surface area contributed by atoms with Crippen molar-refractivity contribution < 1.29 is 9.21 Å². The number of amides is 1. The minimum atomic E-state index is -0.214. The molecule has 1 N–H and O–H groups in total. The molecule has 28 heavy (non-hydrogen) atoms. The largest absolute Gasteiger partial charge is 0.457 e. The lowest BCUT2D eigenvalue weighted by Gasteiger charge is -1.99. The molecule has 1 aromatic heterocycles. The van der Waals surface area contributed by atoms with E-state index in [2.05, 4.69) is 26.2 Å². The average molecular weight is 494 g/mol. The van der Waals surface area contributed by atoms with E-state index < -0.39 is 0 Å². The van der Waals surface area contributed by atoms with E-state index in [0.29, 0.717) is 31.6 Å². The summed E-state index contributed by atoms with van der Waals surface area (Å²) in [4.78, 5) is 17.2. The van der Waals surface area contributed by atoms with Crippen LogP contribution >= 0.6 is 50.9 Å². The number of benzene rings is 2. The van der Waals surface area contributed by atoms with Crippen LogP contribution < -0.4 is 5.32 Å². The molecule has 4 nitrogen and oxygen atoms in total. The third kappa shape index (κ3) is 4.36. The molecule has 4 rings (SSSR count). The first-order valence-corrected chi connectivity index (χ1v) is 10.4. The molecule has 0 unspecified atom stereocenters. The van der Waals surface area contributed by atoms with Crippen LogP contribution in [0.25, 0.3) is 17.4 Å². The van der Waals surface area contributed by atoms with Crippen molar-refractivity contribution in [2.24, 2.45) is 4.99 Å². The summed E-state index contributed by atoms with van der Waals surface area (Å²) in [6.45, 7) is 0. The average Bonchev–Trinajstić information content (AvgIpc) is 3.27. The number of nitrogens with one attached hydrogen (secondary N) is 1. The number of thioether (sulfide) groups is 1. The quantitative estimate of drug-likeness (QED) is 0.403. The maximum absolute atomic E-state index is 12.2. The molecule has 0 spiro atoms. The molecule has 0 aliphatic carbocycles. The fourth-order valence-electron chi connectivity index (χ4n) is 2.48. The van der Waals surface area contributed by atoms with Gasteiger partial charge in [0, 0.05) is 16.1 Å². The van der Waals surface area contributed by atoms with Gasteiger partial charge in [0.25, 0.3) is 5.91 Å². The van der Waals surface area contributed by atoms with Gasteiger partial charge in [0.1, 0.15) is 11.5 Å². The summed E-state index contributed by atoms with van der Waals surface area (Å²) >= 11 is 16.7. The van der Waals surface area contributed by atoms with E-state index in [-0.39, 0.29) is 5.91 Å². The topological polar surface area (TPSA) is 54.6 Å². The monoisotopic (exact) mass is 492 g/mol. The Bertz CT molecular complexity index is 1120. The third-order valence-corrected chi connectivity index (χ3v) is 5.99. The molecule has 8 heteroatoms. The molecule has 3 aromatic rings. The van der Waals surface area contributed by atoms with E-state index in [1.165, 1.54) is 11.8 Å². The number of furan rings is 1. The molecule has 2 heterocycles. The van der Waals surface area contributed by atoms with Gasteiger partial charge in [-0.15, -0.1) is 0 Å². The Labute approximate surface area is 183 Å². The second kappa shape index (κ2) is 8.17. The number of carbonyl (C=O) groups is 1. The lowest BCUT2D eigenvalue weighted by molar-refractivity contribution is -0.115. The molecule has 0 saturated carbocycles. The summed E-state index contributed by atoms with van der Waals surface area (Å²) in [7, 11) is 0. The van der Waals surface area contributed by atoms with E-state index in [1.54, 1.807) is 24.3 Å². The lowest BCUT2D eigenvalue weighted by Crippen LogP contribution is -2.19. The molecular formula is C20H11BrCl2N2O2S. The highest BCUT2D eigenvalue weighted by Crippen LogP contribution is 2.32. The van der Waals surface area contributed by atoms with Crippen LogP contribution in [0.3, 0.4) is 0 Å². The maximum atomic E-state index is 12.2. The van der Waals surface area contributed by atoms with Crippen molar-refractivity contribution in [2.75, 3.05) is 0 Å². The van der Waals surface area contributed by atoms with Crippen LogP contribution in [0, 0.1) is 0 Å².